The summed E-state index contributed by atoms with van der Waals surface area (Å²) in [6, 6.07) is 27.7. The maximum Gasteiger partial charge on any atom is 0.491 e. The van der Waals surface area contributed by atoms with Gasteiger partial charge in [0.1, 0.15) is 0 Å². The van der Waals surface area contributed by atoms with Crippen LogP contribution in [0.4, 0.5) is 13.2 Å². The van der Waals surface area contributed by atoms with Crippen LogP contribution in [0.25, 0.3) is 11.0 Å². The second-order valence-corrected chi connectivity index (χ2v) is 10.6. The van der Waals surface area contributed by atoms with Crippen LogP contribution in [0, 0.1) is 0 Å². The number of halogens is 5. The first-order valence-corrected chi connectivity index (χ1v) is 13.3. The van der Waals surface area contributed by atoms with E-state index in [1.807, 2.05) is 84.9 Å². The Balaban J connectivity index is 1.51. The summed E-state index contributed by atoms with van der Waals surface area (Å²) in [7, 11) is 0. The van der Waals surface area contributed by atoms with Crippen molar-refractivity contribution < 1.29 is 22.7 Å². The van der Waals surface area contributed by atoms with Crippen LogP contribution in [0.3, 0.4) is 0 Å². The van der Waals surface area contributed by atoms with E-state index in [0.29, 0.717) is 33.9 Å². The van der Waals surface area contributed by atoms with E-state index in [2.05, 4.69) is 4.98 Å². The molecule has 40 heavy (non-hydrogen) atoms. The average molecular weight is 581 g/mol. The van der Waals surface area contributed by atoms with Gasteiger partial charge >= 0.3 is 18.2 Å². The van der Waals surface area contributed by atoms with Gasteiger partial charge in [-0.05, 0) is 77.1 Å². The molecule has 5 aromatic rings. The summed E-state index contributed by atoms with van der Waals surface area (Å²) in [4.78, 5) is 16.2. The van der Waals surface area contributed by atoms with Crippen LogP contribution in [-0.4, -0.2) is 21.7 Å². The summed E-state index contributed by atoms with van der Waals surface area (Å²) in [5, 5.41) is 1.20. The van der Waals surface area contributed by atoms with Gasteiger partial charge in [-0.2, -0.15) is 18.2 Å². The second-order valence-electron chi connectivity index (χ2n) is 9.77. The fraction of sp³-hybridized carbons (Fsp3) is 0.161. The van der Waals surface area contributed by atoms with Gasteiger partial charge in [-0.3, -0.25) is 4.57 Å². The van der Waals surface area contributed by atoms with Crippen LogP contribution in [-0.2, 0) is 17.6 Å². The molecule has 9 heteroatoms. The SMILES string of the molecule is O=C(Oc1nc2ccc(C(c3ccc(Cl)cc3)c3ccc(Cl)cc3)cc2n1C1Cc2ccccc2C1)C(F)(F)F. The number of ether oxygens (including phenoxy) is 1. The Labute approximate surface area is 237 Å². The third kappa shape index (κ3) is 5.07. The predicted molar refractivity (Wildman–Crippen MR) is 148 cm³/mol. The molecule has 0 bridgehead atoms. The second kappa shape index (κ2) is 10.3. The van der Waals surface area contributed by atoms with E-state index in [1.165, 1.54) is 0 Å². The summed E-state index contributed by atoms with van der Waals surface area (Å²) in [5.41, 5.74) is 6.01. The first-order chi connectivity index (χ1) is 19.2. The van der Waals surface area contributed by atoms with Crippen molar-refractivity contribution in [2.45, 2.75) is 31.0 Å². The number of aromatic nitrogens is 2. The van der Waals surface area contributed by atoms with E-state index in [-0.39, 0.29) is 18.0 Å². The highest BCUT2D eigenvalue weighted by atomic mass is 35.5. The number of esters is 1. The molecule has 0 atom stereocenters. The molecule has 0 saturated heterocycles. The number of hydrogen-bond donors (Lipinski definition) is 0. The summed E-state index contributed by atoms with van der Waals surface area (Å²) >= 11 is 12.3. The van der Waals surface area contributed by atoms with Crippen molar-refractivity contribution in [2.75, 3.05) is 0 Å². The van der Waals surface area contributed by atoms with E-state index < -0.39 is 12.1 Å². The molecule has 4 nitrogen and oxygen atoms in total. The van der Waals surface area contributed by atoms with E-state index in [4.69, 9.17) is 27.9 Å². The van der Waals surface area contributed by atoms with E-state index in [0.717, 1.165) is 27.8 Å². The number of fused-ring (bicyclic) bond motifs is 2. The molecule has 1 aliphatic carbocycles. The minimum absolute atomic E-state index is 0.232. The lowest BCUT2D eigenvalue weighted by molar-refractivity contribution is -0.190. The molecule has 0 N–H and O–H groups in total. The normalized spacial score (nSPS) is 13.7. The van der Waals surface area contributed by atoms with Gasteiger partial charge in [-0.1, -0.05) is 77.8 Å². The summed E-state index contributed by atoms with van der Waals surface area (Å²) in [6.45, 7) is 0. The summed E-state index contributed by atoms with van der Waals surface area (Å²) < 4.78 is 46.0. The number of carbonyl (C=O) groups excluding carboxylic acids is 1. The molecule has 6 rings (SSSR count). The zero-order valence-electron chi connectivity index (χ0n) is 20.8. The molecule has 202 valence electrons. The molecule has 1 aromatic heterocycles. The Morgan fingerprint density at radius 3 is 1.88 bits per heavy atom. The van der Waals surface area contributed by atoms with Crippen molar-refractivity contribution in [3.63, 3.8) is 0 Å². The molecule has 0 radical (unpaired) electrons. The third-order valence-corrected chi connectivity index (χ3v) is 7.74. The number of rotatable bonds is 5. The number of carbonyl (C=O) groups is 1. The van der Waals surface area contributed by atoms with Gasteiger partial charge in [0, 0.05) is 22.0 Å². The lowest BCUT2D eigenvalue weighted by Gasteiger charge is -2.20. The van der Waals surface area contributed by atoms with Crippen molar-refractivity contribution in [1.29, 1.82) is 0 Å². The highest BCUT2D eigenvalue weighted by Gasteiger charge is 2.43. The molecule has 0 fully saturated rings. The van der Waals surface area contributed by atoms with Gasteiger partial charge < -0.3 is 4.74 Å². The summed E-state index contributed by atoms with van der Waals surface area (Å²) in [6.07, 6.45) is -4.01. The maximum atomic E-state index is 13.2. The smallest absolute Gasteiger partial charge is 0.385 e. The van der Waals surface area contributed by atoms with Gasteiger partial charge in [0.2, 0.25) is 0 Å². The molecular weight excluding hydrogens is 560 g/mol. The first-order valence-electron chi connectivity index (χ1n) is 12.6. The van der Waals surface area contributed by atoms with Crippen LogP contribution in [0.15, 0.2) is 91.0 Å². The first kappa shape index (κ1) is 26.4. The van der Waals surface area contributed by atoms with Crippen molar-refractivity contribution in [1.82, 2.24) is 9.55 Å². The van der Waals surface area contributed by atoms with Crippen molar-refractivity contribution >= 4 is 40.2 Å². The standard InChI is InChI=1S/C31H21Cl2F3N2O2/c32-23-10-5-18(6-11-23)28(19-7-12-24(33)13-8-19)22-9-14-26-27(17-22)38(30(37-26)40-29(39)31(34,35)36)25-15-20-3-1-2-4-21(20)16-25/h1-14,17,25,28H,15-16H2. The molecule has 0 aliphatic heterocycles. The molecule has 4 aromatic carbocycles. The minimum Gasteiger partial charge on any atom is -0.385 e. The molecule has 0 unspecified atom stereocenters. The average Bonchev–Trinajstić information content (AvgIpc) is 3.51. The molecule has 1 aliphatic rings. The topological polar surface area (TPSA) is 44.1 Å². The predicted octanol–water partition coefficient (Wildman–Crippen LogP) is 8.33. The van der Waals surface area contributed by atoms with Crippen LogP contribution in [0.1, 0.15) is 39.8 Å². The van der Waals surface area contributed by atoms with Gasteiger partial charge in [-0.15, -0.1) is 0 Å². The number of nitrogens with zero attached hydrogens (tertiary/aromatic N) is 2. The molecule has 1 heterocycles. The monoisotopic (exact) mass is 580 g/mol. The van der Waals surface area contributed by atoms with E-state index >= 15 is 0 Å². The third-order valence-electron chi connectivity index (χ3n) is 7.23. The van der Waals surface area contributed by atoms with Crippen molar-refractivity contribution in [3.05, 3.63) is 129 Å². The number of alkyl halides is 3. The highest BCUT2D eigenvalue weighted by molar-refractivity contribution is 6.30. The number of benzene rings is 4. The van der Waals surface area contributed by atoms with Crippen LogP contribution in [0.5, 0.6) is 6.01 Å². The van der Waals surface area contributed by atoms with Gasteiger partial charge in [0.25, 0.3) is 0 Å². The Morgan fingerprint density at radius 1 is 0.825 bits per heavy atom. The Morgan fingerprint density at radius 2 is 1.35 bits per heavy atom. The molecule has 0 saturated carbocycles. The quantitative estimate of drug-likeness (QED) is 0.155. The number of imidazole rings is 1. The Kier molecular flexibility index (Phi) is 6.80. The van der Waals surface area contributed by atoms with Gasteiger partial charge in [-0.25, -0.2) is 4.79 Å². The fourth-order valence-electron chi connectivity index (χ4n) is 5.44. The molecular formula is C31H21Cl2F3N2O2. The fourth-order valence-corrected chi connectivity index (χ4v) is 5.69. The minimum atomic E-state index is -5.15. The van der Waals surface area contributed by atoms with Gasteiger partial charge in [0.05, 0.1) is 11.0 Å². The van der Waals surface area contributed by atoms with E-state index in [1.54, 1.807) is 10.6 Å². The lowest BCUT2D eigenvalue weighted by atomic mass is 9.85. The van der Waals surface area contributed by atoms with Crippen LogP contribution in [0.2, 0.25) is 10.0 Å². The number of hydrogen-bond acceptors (Lipinski definition) is 3. The lowest BCUT2D eigenvalue weighted by Crippen LogP contribution is -2.29. The molecule has 0 spiro atoms. The maximum absolute atomic E-state index is 13.2. The molecule has 0 amide bonds. The highest BCUT2D eigenvalue weighted by Crippen LogP contribution is 2.39. The largest absolute Gasteiger partial charge is 0.491 e. The van der Waals surface area contributed by atoms with E-state index in [9.17, 15) is 18.0 Å². The van der Waals surface area contributed by atoms with Crippen LogP contribution >= 0.6 is 23.2 Å². The van der Waals surface area contributed by atoms with Crippen molar-refractivity contribution in [3.8, 4) is 6.01 Å². The van der Waals surface area contributed by atoms with Crippen molar-refractivity contribution in [2.24, 2.45) is 0 Å². The Hall–Kier alpha value is -3.81. The Bertz CT molecular complexity index is 1640. The van der Waals surface area contributed by atoms with Crippen LogP contribution < -0.4 is 4.74 Å². The zero-order valence-corrected chi connectivity index (χ0v) is 22.3. The van der Waals surface area contributed by atoms with Gasteiger partial charge in [0.15, 0.2) is 0 Å². The summed E-state index contributed by atoms with van der Waals surface area (Å²) in [5.74, 6) is -2.54. The zero-order chi connectivity index (χ0) is 28.0.